The molecule has 0 radical (unpaired) electrons. The van der Waals surface area contributed by atoms with Gasteiger partial charge in [0, 0.05) is 38.2 Å². The minimum Gasteiger partial charge on any atom is -0.383 e. The van der Waals surface area contributed by atoms with Crippen molar-refractivity contribution in [1.29, 1.82) is 5.26 Å². The van der Waals surface area contributed by atoms with Gasteiger partial charge in [-0.05, 0) is 29.8 Å². The Morgan fingerprint density at radius 3 is 2.66 bits per heavy atom. The molecule has 180 valence electrons. The van der Waals surface area contributed by atoms with Crippen LogP contribution in [0.3, 0.4) is 0 Å². The van der Waals surface area contributed by atoms with Gasteiger partial charge >= 0.3 is 6.03 Å². The number of nitrogens with one attached hydrogen (secondary N) is 2. The largest absolute Gasteiger partial charge is 0.383 e. The number of amides is 2. The Hall–Kier alpha value is -3.87. The van der Waals surface area contributed by atoms with Crippen molar-refractivity contribution in [2.75, 3.05) is 38.7 Å². The van der Waals surface area contributed by atoms with E-state index in [2.05, 4.69) is 20.5 Å². The normalized spacial score (nSPS) is 17.7. The molecular formula is C26H25F2N5O2. The number of hydrogen-bond donors (Lipinski definition) is 2. The molecule has 2 aromatic carbocycles. The fourth-order valence-electron chi connectivity index (χ4n) is 4.28. The Kier molecular flexibility index (Phi) is 7.65. The molecule has 1 fully saturated rings. The van der Waals surface area contributed by atoms with Crippen molar-refractivity contribution < 1.29 is 18.3 Å². The van der Waals surface area contributed by atoms with Gasteiger partial charge in [-0.1, -0.05) is 36.4 Å². The first-order valence-electron chi connectivity index (χ1n) is 11.2. The monoisotopic (exact) mass is 477 g/mol. The van der Waals surface area contributed by atoms with E-state index in [1.807, 2.05) is 36.4 Å². The van der Waals surface area contributed by atoms with Crippen LogP contribution in [0.4, 0.5) is 19.3 Å². The molecule has 0 aliphatic carbocycles. The molecule has 1 aromatic heterocycles. The highest BCUT2D eigenvalue weighted by Crippen LogP contribution is 2.30. The summed E-state index contributed by atoms with van der Waals surface area (Å²) in [5, 5.41) is 15.1. The van der Waals surface area contributed by atoms with Gasteiger partial charge in [-0.25, -0.2) is 18.6 Å². The van der Waals surface area contributed by atoms with Crippen molar-refractivity contribution in [2.24, 2.45) is 0 Å². The first-order valence-corrected chi connectivity index (χ1v) is 11.2. The van der Waals surface area contributed by atoms with Crippen LogP contribution in [0.1, 0.15) is 17.2 Å². The lowest BCUT2D eigenvalue weighted by Gasteiger charge is -2.21. The summed E-state index contributed by atoms with van der Waals surface area (Å²) in [4.78, 5) is 19.5. The highest BCUT2D eigenvalue weighted by atomic mass is 19.2. The van der Waals surface area contributed by atoms with Crippen LogP contribution in [-0.2, 0) is 4.74 Å². The van der Waals surface area contributed by atoms with Crippen molar-refractivity contribution in [1.82, 2.24) is 15.2 Å². The third kappa shape index (κ3) is 5.80. The molecule has 1 saturated heterocycles. The van der Waals surface area contributed by atoms with Gasteiger partial charge in [0.15, 0.2) is 11.6 Å². The number of halogens is 2. The van der Waals surface area contributed by atoms with Gasteiger partial charge in [-0.3, -0.25) is 4.90 Å². The van der Waals surface area contributed by atoms with Gasteiger partial charge < -0.3 is 15.4 Å². The van der Waals surface area contributed by atoms with Gasteiger partial charge in [-0.15, -0.1) is 0 Å². The first-order chi connectivity index (χ1) is 17.0. The summed E-state index contributed by atoms with van der Waals surface area (Å²) in [6.07, 6.45) is 0. The number of carbonyl (C=O) groups is 1. The second-order valence-corrected chi connectivity index (χ2v) is 8.31. The Bertz CT molecular complexity index is 1230. The van der Waals surface area contributed by atoms with Crippen LogP contribution < -0.4 is 10.6 Å². The number of likely N-dealkylation sites (tertiary alicyclic amines) is 1. The predicted octanol–water partition coefficient (Wildman–Crippen LogP) is 4.13. The van der Waals surface area contributed by atoms with E-state index in [9.17, 15) is 18.8 Å². The zero-order chi connectivity index (χ0) is 24.8. The molecule has 2 heterocycles. The summed E-state index contributed by atoms with van der Waals surface area (Å²) in [5.41, 5.74) is 2.53. The van der Waals surface area contributed by atoms with Crippen LogP contribution in [0.5, 0.6) is 0 Å². The van der Waals surface area contributed by atoms with E-state index < -0.39 is 17.7 Å². The molecule has 0 spiro atoms. The summed E-state index contributed by atoms with van der Waals surface area (Å²) in [7, 11) is 1.61. The number of hydrogen-bond acceptors (Lipinski definition) is 5. The fourth-order valence-corrected chi connectivity index (χ4v) is 4.28. The predicted molar refractivity (Wildman–Crippen MR) is 128 cm³/mol. The van der Waals surface area contributed by atoms with Crippen LogP contribution >= 0.6 is 0 Å². The molecule has 7 nitrogen and oxygen atoms in total. The average molecular weight is 478 g/mol. The lowest BCUT2D eigenvalue weighted by atomic mass is 9.94. The molecule has 2 atom stereocenters. The maximum Gasteiger partial charge on any atom is 0.319 e. The third-order valence-electron chi connectivity index (χ3n) is 6.00. The number of nitriles is 1. The summed E-state index contributed by atoms with van der Waals surface area (Å²) in [5.74, 6) is -2.07. The van der Waals surface area contributed by atoms with Crippen molar-refractivity contribution in [3.05, 3.63) is 83.6 Å². The minimum atomic E-state index is -0.919. The van der Waals surface area contributed by atoms with Gasteiger partial charge in [-0.2, -0.15) is 5.26 Å². The molecule has 2 amide bonds. The molecule has 2 unspecified atom stereocenters. The Balaban J connectivity index is 1.55. The standard InChI is InChI=1S/C26H25F2N5O2/c1-35-12-11-33-15-20(18-7-9-21(27)22(28)13-18)24(16-33)32-26(34)31-23-10-8-19(14-29)30-25(23)17-5-3-2-4-6-17/h2-10,13,20,24H,11-12,15-16H2,1H3,(H2,31,32,34). The molecule has 0 bridgehead atoms. The van der Waals surface area contributed by atoms with E-state index in [-0.39, 0.29) is 17.7 Å². The second kappa shape index (κ2) is 11.0. The summed E-state index contributed by atoms with van der Waals surface area (Å²) >= 11 is 0. The Morgan fingerprint density at radius 1 is 1.14 bits per heavy atom. The quantitative estimate of drug-likeness (QED) is 0.534. The van der Waals surface area contributed by atoms with Gasteiger partial charge in [0.25, 0.3) is 0 Å². The van der Waals surface area contributed by atoms with E-state index >= 15 is 0 Å². The fraction of sp³-hybridized carbons (Fsp3) is 0.269. The number of nitrogens with zero attached hydrogens (tertiary/aromatic N) is 3. The van der Waals surface area contributed by atoms with Crippen molar-refractivity contribution in [3.8, 4) is 17.3 Å². The summed E-state index contributed by atoms with van der Waals surface area (Å²) in [6.45, 7) is 2.25. The Labute approximate surface area is 202 Å². The summed E-state index contributed by atoms with van der Waals surface area (Å²) in [6, 6.07) is 17.5. The molecule has 4 rings (SSSR count). The van der Waals surface area contributed by atoms with Crippen LogP contribution in [0.25, 0.3) is 11.3 Å². The lowest BCUT2D eigenvalue weighted by Crippen LogP contribution is -2.42. The highest BCUT2D eigenvalue weighted by molar-refractivity contribution is 5.93. The SMILES string of the molecule is COCCN1CC(NC(=O)Nc2ccc(C#N)nc2-c2ccccc2)C(c2ccc(F)c(F)c2)C1. The molecule has 0 saturated carbocycles. The van der Waals surface area contributed by atoms with Gasteiger partial charge in [0.2, 0.25) is 0 Å². The second-order valence-electron chi connectivity index (χ2n) is 8.31. The van der Waals surface area contributed by atoms with E-state index in [1.54, 1.807) is 19.2 Å². The lowest BCUT2D eigenvalue weighted by molar-refractivity contribution is 0.159. The molecule has 2 N–H and O–H groups in total. The van der Waals surface area contributed by atoms with Crippen molar-refractivity contribution in [3.63, 3.8) is 0 Å². The minimum absolute atomic E-state index is 0.234. The van der Waals surface area contributed by atoms with Crippen molar-refractivity contribution in [2.45, 2.75) is 12.0 Å². The maximum absolute atomic E-state index is 13.9. The molecule has 1 aliphatic heterocycles. The van der Waals surface area contributed by atoms with Gasteiger partial charge in [0.1, 0.15) is 11.8 Å². The van der Waals surface area contributed by atoms with Crippen LogP contribution in [0, 0.1) is 23.0 Å². The highest BCUT2D eigenvalue weighted by Gasteiger charge is 2.35. The summed E-state index contributed by atoms with van der Waals surface area (Å²) < 4.78 is 32.6. The number of carbonyl (C=O) groups excluding carboxylic acids is 1. The number of anilines is 1. The van der Waals surface area contributed by atoms with Crippen LogP contribution in [0.2, 0.25) is 0 Å². The zero-order valence-corrected chi connectivity index (χ0v) is 19.2. The zero-order valence-electron chi connectivity index (χ0n) is 19.2. The topological polar surface area (TPSA) is 90.3 Å². The molecule has 1 aliphatic rings. The molecule has 9 heteroatoms. The Morgan fingerprint density at radius 2 is 1.94 bits per heavy atom. The smallest absolute Gasteiger partial charge is 0.319 e. The number of ether oxygens (including phenoxy) is 1. The van der Waals surface area contributed by atoms with Gasteiger partial charge in [0.05, 0.1) is 24.0 Å². The third-order valence-corrected chi connectivity index (χ3v) is 6.00. The van der Waals surface area contributed by atoms with E-state index in [1.165, 1.54) is 12.1 Å². The van der Waals surface area contributed by atoms with Crippen LogP contribution in [-0.4, -0.2) is 55.3 Å². The van der Waals surface area contributed by atoms with E-state index in [0.29, 0.717) is 43.2 Å². The average Bonchev–Trinajstić information content (AvgIpc) is 3.27. The van der Waals surface area contributed by atoms with E-state index in [0.717, 1.165) is 11.6 Å². The number of rotatable bonds is 7. The van der Waals surface area contributed by atoms with Crippen LogP contribution in [0.15, 0.2) is 60.7 Å². The first kappa shape index (κ1) is 24.3. The number of methoxy groups -OCH3 is 1. The number of aromatic nitrogens is 1. The number of urea groups is 1. The number of pyridine rings is 1. The molecule has 35 heavy (non-hydrogen) atoms. The maximum atomic E-state index is 13.9. The van der Waals surface area contributed by atoms with E-state index in [4.69, 9.17) is 4.74 Å². The molecule has 3 aromatic rings. The van der Waals surface area contributed by atoms with Crippen molar-refractivity contribution >= 4 is 11.7 Å². The molecular weight excluding hydrogens is 452 g/mol. The number of benzene rings is 2.